The number of likely N-dealkylation sites (tertiary alicyclic amines) is 1. The van der Waals surface area contributed by atoms with Crippen LogP contribution in [0.5, 0.6) is 0 Å². The molecule has 0 aromatic rings. The van der Waals surface area contributed by atoms with Crippen molar-refractivity contribution >= 4 is 11.7 Å². The van der Waals surface area contributed by atoms with Gasteiger partial charge in [-0.15, -0.1) is 0 Å². The second-order valence-corrected chi connectivity index (χ2v) is 5.35. The third kappa shape index (κ3) is 4.07. The minimum atomic E-state index is -0.410. The summed E-state index contributed by atoms with van der Waals surface area (Å²) in [5.74, 6) is -0.0543. The van der Waals surface area contributed by atoms with Crippen molar-refractivity contribution in [2.45, 2.75) is 45.7 Å². The van der Waals surface area contributed by atoms with E-state index in [1.54, 1.807) is 0 Å². The fourth-order valence-corrected chi connectivity index (χ4v) is 2.45. The molecule has 2 N–H and O–H groups in total. The Hall–Kier alpha value is -0.940. The Morgan fingerprint density at radius 3 is 2.61 bits per heavy atom. The molecule has 104 valence electrons. The minimum absolute atomic E-state index is 0.0153. The van der Waals surface area contributed by atoms with Gasteiger partial charge in [-0.2, -0.15) is 0 Å². The van der Waals surface area contributed by atoms with Crippen molar-refractivity contribution in [2.24, 2.45) is 5.92 Å². The number of carbonyl (C=O) groups is 2. The maximum atomic E-state index is 11.9. The highest BCUT2D eigenvalue weighted by atomic mass is 16.3. The van der Waals surface area contributed by atoms with Gasteiger partial charge in [-0.1, -0.05) is 13.8 Å². The second kappa shape index (κ2) is 6.85. The summed E-state index contributed by atoms with van der Waals surface area (Å²) in [6.07, 6.45) is 1.95. The van der Waals surface area contributed by atoms with Crippen LogP contribution in [-0.4, -0.2) is 53.5 Å². The maximum absolute atomic E-state index is 11.9. The van der Waals surface area contributed by atoms with Crippen LogP contribution in [0, 0.1) is 5.92 Å². The Kier molecular flexibility index (Phi) is 5.75. The van der Waals surface area contributed by atoms with Crippen LogP contribution in [0.4, 0.5) is 0 Å². The Labute approximate surface area is 109 Å². The molecule has 0 radical (unpaired) electrons. The lowest BCUT2D eigenvalue weighted by Crippen LogP contribution is -2.48. The van der Waals surface area contributed by atoms with Gasteiger partial charge in [-0.05, 0) is 32.2 Å². The predicted octanol–water partition coefficient (Wildman–Crippen LogP) is 0.173. The van der Waals surface area contributed by atoms with Crippen LogP contribution in [0.2, 0.25) is 0 Å². The molecular weight excluding hydrogens is 232 g/mol. The molecule has 1 rings (SSSR count). The van der Waals surface area contributed by atoms with E-state index in [0.717, 1.165) is 19.4 Å². The molecule has 2 atom stereocenters. The van der Waals surface area contributed by atoms with Crippen LogP contribution < -0.4 is 5.32 Å². The summed E-state index contributed by atoms with van der Waals surface area (Å²) >= 11 is 0. The van der Waals surface area contributed by atoms with Crippen molar-refractivity contribution in [3.63, 3.8) is 0 Å². The number of carbonyl (C=O) groups excluding carboxylic acids is 2. The first-order valence-corrected chi connectivity index (χ1v) is 6.60. The third-order valence-electron chi connectivity index (χ3n) is 3.48. The van der Waals surface area contributed by atoms with Crippen LogP contribution in [0.25, 0.3) is 0 Å². The zero-order valence-electron chi connectivity index (χ0n) is 11.5. The molecule has 0 aromatic heterocycles. The van der Waals surface area contributed by atoms with E-state index in [1.165, 1.54) is 6.92 Å². The fourth-order valence-electron chi connectivity index (χ4n) is 2.45. The lowest BCUT2D eigenvalue weighted by Gasteiger charge is -2.24. The molecule has 1 amide bonds. The first-order valence-electron chi connectivity index (χ1n) is 6.60. The highest BCUT2D eigenvalue weighted by Gasteiger charge is 2.27. The van der Waals surface area contributed by atoms with Crippen LogP contribution in [0.15, 0.2) is 0 Å². The summed E-state index contributed by atoms with van der Waals surface area (Å²) in [5, 5.41) is 12.0. The van der Waals surface area contributed by atoms with Gasteiger partial charge in [0.2, 0.25) is 5.91 Å². The van der Waals surface area contributed by atoms with Gasteiger partial charge in [0.05, 0.1) is 19.2 Å². The van der Waals surface area contributed by atoms with E-state index in [1.807, 2.05) is 18.7 Å². The van der Waals surface area contributed by atoms with Crippen molar-refractivity contribution < 1.29 is 14.7 Å². The molecule has 5 heteroatoms. The highest BCUT2D eigenvalue weighted by Crippen LogP contribution is 2.15. The van der Waals surface area contributed by atoms with E-state index in [9.17, 15) is 14.7 Å². The quantitative estimate of drug-likeness (QED) is 0.711. The SMILES string of the molecule is CC(=O)C(NC(=O)CN1CCC[C@@H]1CO)C(C)C. The van der Waals surface area contributed by atoms with Crippen molar-refractivity contribution in [1.82, 2.24) is 10.2 Å². The molecular formula is C13H24N2O3. The van der Waals surface area contributed by atoms with Gasteiger partial charge in [-0.3, -0.25) is 14.5 Å². The molecule has 1 aliphatic rings. The summed E-state index contributed by atoms with van der Waals surface area (Å²) < 4.78 is 0. The first kappa shape index (κ1) is 15.1. The predicted molar refractivity (Wildman–Crippen MR) is 69.1 cm³/mol. The van der Waals surface area contributed by atoms with Gasteiger partial charge in [0, 0.05) is 6.04 Å². The average Bonchev–Trinajstić information content (AvgIpc) is 2.72. The number of aliphatic hydroxyl groups is 1. The molecule has 1 saturated heterocycles. The third-order valence-corrected chi connectivity index (χ3v) is 3.48. The highest BCUT2D eigenvalue weighted by molar-refractivity contribution is 5.88. The Morgan fingerprint density at radius 1 is 1.44 bits per heavy atom. The van der Waals surface area contributed by atoms with Gasteiger partial charge in [0.25, 0.3) is 0 Å². The summed E-state index contributed by atoms with van der Waals surface area (Å²) in [5.41, 5.74) is 0. The van der Waals surface area contributed by atoms with E-state index >= 15 is 0 Å². The molecule has 0 bridgehead atoms. The van der Waals surface area contributed by atoms with Crippen LogP contribution in [0.3, 0.4) is 0 Å². The second-order valence-electron chi connectivity index (χ2n) is 5.35. The standard InChI is InChI=1S/C13H24N2O3/c1-9(2)13(10(3)17)14-12(18)7-15-6-4-5-11(15)8-16/h9,11,13,16H,4-8H2,1-3H3,(H,14,18)/t11-,13?/m1/s1. The molecule has 0 aliphatic carbocycles. The number of rotatable bonds is 6. The zero-order valence-corrected chi connectivity index (χ0v) is 11.5. The van der Waals surface area contributed by atoms with Crippen LogP contribution in [0.1, 0.15) is 33.6 Å². The average molecular weight is 256 g/mol. The monoisotopic (exact) mass is 256 g/mol. The summed E-state index contributed by atoms with van der Waals surface area (Å²) in [6, 6.07) is -0.321. The van der Waals surface area contributed by atoms with Gasteiger partial charge in [0.15, 0.2) is 5.78 Å². The topological polar surface area (TPSA) is 69.6 Å². The molecule has 0 aromatic carbocycles. The van der Waals surface area contributed by atoms with E-state index < -0.39 is 6.04 Å². The lowest BCUT2D eigenvalue weighted by atomic mass is 10.0. The normalized spacial score (nSPS) is 22.2. The largest absolute Gasteiger partial charge is 0.395 e. The van der Waals surface area contributed by atoms with E-state index in [2.05, 4.69) is 5.32 Å². The molecule has 1 fully saturated rings. The molecule has 1 heterocycles. The fraction of sp³-hybridized carbons (Fsp3) is 0.846. The van der Waals surface area contributed by atoms with Crippen molar-refractivity contribution in [2.75, 3.05) is 19.7 Å². The van der Waals surface area contributed by atoms with Gasteiger partial charge in [-0.25, -0.2) is 0 Å². The number of hydrogen-bond acceptors (Lipinski definition) is 4. The Morgan fingerprint density at radius 2 is 2.11 bits per heavy atom. The number of nitrogens with one attached hydrogen (secondary N) is 1. The van der Waals surface area contributed by atoms with Crippen LogP contribution >= 0.6 is 0 Å². The Bertz CT molecular complexity index is 305. The van der Waals surface area contributed by atoms with Crippen molar-refractivity contribution in [3.8, 4) is 0 Å². The Balaban J connectivity index is 2.47. The number of hydrogen-bond donors (Lipinski definition) is 2. The van der Waals surface area contributed by atoms with Crippen LogP contribution in [-0.2, 0) is 9.59 Å². The molecule has 0 saturated carbocycles. The molecule has 5 nitrogen and oxygen atoms in total. The molecule has 1 aliphatic heterocycles. The van der Waals surface area contributed by atoms with Gasteiger partial charge in [0.1, 0.15) is 0 Å². The number of Topliss-reactive ketones (excluding diaryl/α,β-unsaturated/α-hetero) is 1. The van der Waals surface area contributed by atoms with E-state index in [-0.39, 0.29) is 36.8 Å². The molecule has 0 spiro atoms. The van der Waals surface area contributed by atoms with Gasteiger partial charge >= 0.3 is 0 Å². The van der Waals surface area contributed by atoms with E-state index in [0.29, 0.717) is 0 Å². The number of nitrogens with zero attached hydrogens (tertiary/aromatic N) is 1. The van der Waals surface area contributed by atoms with Crippen molar-refractivity contribution in [1.29, 1.82) is 0 Å². The zero-order chi connectivity index (χ0) is 13.7. The number of amides is 1. The van der Waals surface area contributed by atoms with E-state index in [4.69, 9.17) is 0 Å². The summed E-state index contributed by atoms with van der Waals surface area (Å²) in [4.78, 5) is 25.3. The first-order chi connectivity index (χ1) is 8.45. The number of aliphatic hydroxyl groups excluding tert-OH is 1. The van der Waals surface area contributed by atoms with Crippen molar-refractivity contribution in [3.05, 3.63) is 0 Å². The number of ketones is 1. The molecule has 1 unspecified atom stereocenters. The molecule has 18 heavy (non-hydrogen) atoms. The maximum Gasteiger partial charge on any atom is 0.234 e. The van der Waals surface area contributed by atoms with Gasteiger partial charge < -0.3 is 10.4 Å². The smallest absolute Gasteiger partial charge is 0.234 e. The minimum Gasteiger partial charge on any atom is -0.395 e. The lowest BCUT2D eigenvalue weighted by molar-refractivity contribution is -0.128. The summed E-state index contributed by atoms with van der Waals surface area (Å²) in [7, 11) is 0. The summed E-state index contributed by atoms with van der Waals surface area (Å²) in [6.45, 7) is 6.52.